The Morgan fingerprint density at radius 1 is 1.33 bits per heavy atom. The lowest BCUT2D eigenvalue weighted by atomic mass is 9.75. The second-order valence-corrected chi connectivity index (χ2v) is 4.75. The van der Waals surface area contributed by atoms with Crippen LogP contribution in [-0.2, 0) is 12.0 Å². The van der Waals surface area contributed by atoms with Gasteiger partial charge in [0.25, 0.3) is 0 Å². The molecule has 15 heavy (non-hydrogen) atoms. The minimum Gasteiger partial charge on any atom is -0.391 e. The van der Waals surface area contributed by atoms with Crippen LogP contribution >= 0.6 is 0 Å². The maximum absolute atomic E-state index is 10.2. The molecule has 0 spiro atoms. The first-order valence-corrected chi connectivity index (χ1v) is 5.50. The van der Waals surface area contributed by atoms with Crippen LogP contribution in [0, 0.1) is 0 Å². The average molecular weight is 205 g/mol. The molecule has 1 aliphatic rings. The zero-order valence-electron chi connectivity index (χ0n) is 9.70. The van der Waals surface area contributed by atoms with Crippen LogP contribution in [0.25, 0.3) is 0 Å². The Morgan fingerprint density at radius 3 is 2.67 bits per heavy atom. The highest BCUT2D eigenvalue weighted by atomic mass is 16.3. The number of likely N-dealkylation sites (N-methyl/N-ethyl adjacent to an activating group) is 1. The molecule has 0 aliphatic heterocycles. The Labute approximate surface area is 91.5 Å². The van der Waals surface area contributed by atoms with Crippen LogP contribution < -0.4 is 0 Å². The third-order valence-electron chi connectivity index (χ3n) is 3.83. The number of rotatable bonds is 1. The van der Waals surface area contributed by atoms with Crippen molar-refractivity contribution in [3.05, 3.63) is 35.4 Å². The molecule has 1 aromatic carbocycles. The Bertz CT molecular complexity index is 361. The lowest BCUT2D eigenvalue weighted by Crippen LogP contribution is -2.51. The minimum atomic E-state index is -0.276. The number of hydrogen-bond acceptors (Lipinski definition) is 2. The molecule has 2 heteroatoms. The second kappa shape index (κ2) is 3.62. The van der Waals surface area contributed by atoms with E-state index in [2.05, 4.69) is 36.1 Å². The number of nitrogens with zero attached hydrogens (tertiary/aromatic N) is 1. The fourth-order valence-electron chi connectivity index (χ4n) is 2.52. The maximum atomic E-state index is 10.2. The van der Waals surface area contributed by atoms with Gasteiger partial charge in [-0.1, -0.05) is 24.3 Å². The summed E-state index contributed by atoms with van der Waals surface area (Å²) in [6.45, 7) is 2.12. The summed E-state index contributed by atoms with van der Waals surface area (Å²) in [5.74, 6) is 0. The van der Waals surface area contributed by atoms with E-state index in [1.54, 1.807) is 0 Å². The van der Waals surface area contributed by atoms with Crippen molar-refractivity contribution in [2.45, 2.75) is 31.4 Å². The Balaban J connectivity index is 2.55. The monoisotopic (exact) mass is 205 g/mol. The van der Waals surface area contributed by atoms with Gasteiger partial charge < -0.3 is 5.11 Å². The molecule has 1 N–H and O–H groups in total. The van der Waals surface area contributed by atoms with Crippen LogP contribution in [0.3, 0.4) is 0 Å². The van der Waals surface area contributed by atoms with E-state index in [0.29, 0.717) is 0 Å². The van der Waals surface area contributed by atoms with Crippen molar-refractivity contribution < 1.29 is 5.11 Å². The van der Waals surface area contributed by atoms with E-state index in [1.807, 2.05) is 14.1 Å². The van der Waals surface area contributed by atoms with Crippen molar-refractivity contribution in [2.24, 2.45) is 0 Å². The molecule has 2 atom stereocenters. The van der Waals surface area contributed by atoms with Crippen molar-refractivity contribution in [1.29, 1.82) is 0 Å². The van der Waals surface area contributed by atoms with E-state index in [4.69, 9.17) is 0 Å². The van der Waals surface area contributed by atoms with E-state index in [9.17, 15) is 5.11 Å². The zero-order chi connectivity index (χ0) is 11.1. The zero-order valence-corrected chi connectivity index (χ0v) is 9.70. The molecular weight excluding hydrogens is 186 g/mol. The largest absolute Gasteiger partial charge is 0.391 e. The van der Waals surface area contributed by atoms with Gasteiger partial charge in [-0.25, -0.2) is 0 Å². The summed E-state index contributed by atoms with van der Waals surface area (Å²) in [6, 6.07) is 8.44. The van der Waals surface area contributed by atoms with E-state index >= 15 is 0 Å². The number of aliphatic hydroxyl groups is 1. The normalized spacial score (nSPS) is 30.3. The topological polar surface area (TPSA) is 23.5 Å². The van der Waals surface area contributed by atoms with Crippen LogP contribution in [-0.4, -0.2) is 30.2 Å². The van der Waals surface area contributed by atoms with E-state index < -0.39 is 0 Å². The number of hydrogen-bond donors (Lipinski definition) is 1. The van der Waals surface area contributed by atoms with Gasteiger partial charge in [-0.15, -0.1) is 0 Å². The highest BCUT2D eigenvalue weighted by molar-refractivity contribution is 5.37. The molecule has 2 rings (SSSR count). The smallest absolute Gasteiger partial charge is 0.0766 e. The van der Waals surface area contributed by atoms with Crippen LogP contribution in [0.1, 0.15) is 24.5 Å². The Kier molecular flexibility index (Phi) is 2.57. The molecule has 0 heterocycles. The highest BCUT2D eigenvalue weighted by Crippen LogP contribution is 2.38. The molecule has 1 aliphatic carbocycles. The molecule has 0 aromatic heterocycles. The fraction of sp³-hybridized carbons (Fsp3) is 0.538. The highest BCUT2D eigenvalue weighted by Gasteiger charge is 2.40. The summed E-state index contributed by atoms with van der Waals surface area (Å²) in [7, 11) is 4.07. The van der Waals surface area contributed by atoms with Crippen molar-refractivity contribution in [3.63, 3.8) is 0 Å². The van der Waals surface area contributed by atoms with E-state index in [1.165, 1.54) is 11.1 Å². The fourth-order valence-corrected chi connectivity index (χ4v) is 2.52. The first kappa shape index (κ1) is 10.7. The molecule has 0 saturated heterocycles. The van der Waals surface area contributed by atoms with Crippen LogP contribution in [0.4, 0.5) is 0 Å². The lowest BCUT2D eigenvalue weighted by molar-refractivity contribution is -0.0107. The lowest BCUT2D eigenvalue weighted by Gasteiger charge is -2.45. The van der Waals surface area contributed by atoms with Gasteiger partial charge in [-0.05, 0) is 45.0 Å². The van der Waals surface area contributed by atoms with Gasteiger partial charge in [-0.3, -0.25) is 4.90 Å². The summed E-state index contributed by atoms with van der Waals surface area (Å²) >= 11 is 0. The molecule has 0 saturated carbocycles. The van der Waals surface area contributed by atoms with Gasteiger partial charge in [0.15, 0.2) is 0 Å². The van der Waals surface area contributed by atoms with Crippen molar-refractivity contribution in [2.75, 3.05) is 14.1 Å². The van der Waals surface area contributed by atoms with Crippen LogP contribution in [0.15, 0.2) is 24.3 Å². The summed E-state index contributed by atoms with van der Waals surface area (Å²) in [5, 5.41) is 10.2. The molecule has 82 valence electrons. The third kappa shape index (κ3) is 1.48. The van der Waals surface area contributed by atoms with Gasteiger partial charge in [0.2, 0.25) is 0 Å². The van der Waals surface area contributed by atoms with Gasteiger partial charge >= 0.3 is 0 Å². The van der Waals surface area contributed by atoms with Crippen LogP contribution in [0.2, 0.25) is 0 Å². The Hall–Kier alpha value is -0.860. The minimum absolute atomic E-state index is 0.241. The quantitative estimate of drug-likeness (QED) is 0.755. The molecule has 0 unspecified atom stereocenters. The number of fused-ring (bicyclic) bond motifs is 1. The molecule has 0 bridgehead atoms. The average Bonchev–Trinajstić information content (AvgIpc) is 2.23. The maximum Gasteiger partial charge on any atom is 0.0766 e. The van der Waals surface area contributed by atoms with Crippen molar-refractivity contribution in [1.82, 2.24) is 4.90 Å². The number of aryl methyl sites for hydroxylation is 1. The molecule has 0 amide bonds. The summed E-state index contributed by atoms with van der Waals surface area (Å²) < 4.78 is 0. The number of benzene rings is 1. The van der Waals surface area contributed by atoms with E-state index in [-0.39, 0.29) is 11.6 Å². The first-order valence-electron chi connectivity index (χ1n) is 5.50. The number of aliphatic hydroxyl groups excluding tert-OH is 1. The van der Waals surface area contributed by atoms with E-state index in [0.717, 1.165) is 12.8 Å². The predicted molar refractivity (Wildman–Crippen MR) is 61.8 cm³/mol. The van der Waals surface area contributed by atoms with Crippen molar-refractivity contribution in [3.8, 4) is 0 Å². The third-order valence-corrected chi connectivity index (χ3v) is 3.83. The van der Waals surface area contributed by atoms with Crippen LogP contribution in [0.5, 0.6) is 0 Å². The molecule has 2 nitrogen and oxygen atoms in total. The van der Waals surface area contributed by atoms with Gasteiger partial charge in [-0.2, -0.15) is 0 Å². The Morgan fingerprint density at radius 2 is 2.00 bits per heavy atom. The van der Waals surface area contributed by atoms with Gasteiger partial charge in [0.1, 0.15) is 0 Å². The SMILES string of the molecule is CN(C)[C@]1(C)c2ccccc2CC[C@@H]1O. The molecule has 1 aromatic rings. The first-order chi connectivity index (χ1) is 7.06. The summed E-state index contributed by atoms with van der Waals surface area (Å²) in [4.78, 5) is 2.12. The second-order valence-electron chi connectivity index (χ2n) is 4.75. The van der Waals surface area contributed by atoms with Crippen molar-refractivity contribution >= 4 is 0 Å². The molecule has 0 fully saturated rings. The summed E-state index contributed by atoms with van der Waals surface area (Å²) in [6.07, 6.45) is 1.56. The summed E-state index contributed by atoms with van der Waals surface area (Å²) in [5.41, 5.74) is 2.40. The van der Waals surface area contributed by atoms with Gasteiger partial charge in [0.05, 0.1) is 11.6 Å². The van der Waals surface area contributed by atoms with Gasteiger partial charge in [0, 0.05) is 0 Å². The standard InChI is InChI=1S/C13H19NO/c1-13(14(2)3)11-7-5-4-6-10(11)8-9-12(13)15/h4-7,12,15H,8-9H2,1-3H3/t12-,13+/m0/s1. The molecular formula is C13H19NO. The molecule has 0 radical (unpaired) electrons. The predicted octanol–water partition coefficient (Wildman–Crippen LogP) is 1.77.